The maximum Gasteiger partial charge on any atom is 0.252 e. The van der Waals surface area contributed by atoms with Crippen LogP contribution in [0.15, 0.2) is 82.6 Å². The van der Waals surface area contributed by atoms with Crippen LogP contribution in [0.4, 0.5) is 0 Å². The number of nitrogens with one attached hydrogen (secondary N) is 1. The van der Waals surface area contributed by atoms with Gasteiger partial charge in [-0.25, -0.2) is 0 Å². The molecule has 1 heterocycles. The summed E-state index contributed by atoms with van der Waals surface area (Å²) in [5, 5.41) is 4.13. The Bertz CT molecular complexity index is 1000. The number of carbonyl (C=O) groups is 1. The molecule has 0 radical (unpaired) electrons. The Morgan fingerprint density at radius 2 is 2.04 bits per heavy atom. The smallest absolute Gasteiger partial charge is 0.252 e. The highest BCUT2D eigenvalue weighted by molar-refractivity contribution is 6.02. The van der Waals surface area contributed by atoms with Gasteiger partial charge < -0.3 is 5.32 Å². The van der Waals surface area contributed by atoms with Gasteiger partial charge in [-0.15, -0.1) is 0 Å². The molecule has 5 rings (SSSR count). The molecule has 110 valence electrons. The van der Waals surface area contributed by atoms with Gasteiger partial charge >= 0.3 is 0 Å². The van der Waals surface area contributed by atoms with E-state index in [4.69, 9.17) is 0 Å². The summed E-state index contributed by atoms with van der Waals surface area (Å²) in [5.74, 6) is -0.00843. The summed E-state index contributed by atoms with van der Waals surface area (Å²) >= 11 is 0. The first-order chi connectivity index (χ1) is 11.3. The van der Waals surface area contributed by atoms with Crippen LogP contribution in [0.3, 0.4) is 0 Å². The SMILES string of the molecule is O=C(NCc1ccnc2ccccc12)C1=C2C=C3CC3=C2C=C1. The van der Waals surface area contributed by atoms with E-state index in [2.05, 4.69) is 22.5 Å². The van der Waals surface area contributed by atoms with Gasteiger partial charge in [-0.2, -0.15) is 0 Å². The van der Waals surface area contributed by atoms with Crippen LogP contribution in [-0.4, -0.2) is 10.9 Å². The normalized spacial score (nSPS) is 17.5. The molecule has 3 heteroatoms. The molecule has 1 aromatic carbocycles. The molecule has 1 N–H and O–H groups in total. The van der Waals surface area contributed by atoms with E-state index in [0.29, 0.717) is 6.54 Å². The average molecular weight is 298 g/mol. The van der Waals surface area contributed by atoms with E-state index in [0.717, 1.165) is 34.0 Å². The van der Waals surface area contributed by atoms with E-state index < -0.39 is 0 Å². The zero-order valence-corrected chi connectivity index (χ0v) is 12.5. The number of aromatic nitrogens is 1. The van der Waals surface area contributed by atoms with E-state index in [-0.39, 0.29) is 5.91 Å². The quantitative estimate of drug-likeness (QED) is 0.944. The first-order valence-electron chi connectivity index (χ1n) is 7.79. The average Bonchev–Trinajstić information content (AvgIpc) is 3.07. The summed E-state index contributed by atoms with van der Waals surface area (Å²) < 4.78 is 0. The van der Waals surface area contributed by atoms with Crippen molar-refractivity contribution in [3.63, 3.8) is 0 Å². The predicted octanol–water partition coefficient (Wildman–Crippen LogP) is 3.36. The standard InChI is InChI=1S/C20H14N2O/c23-20(16-6-5-15-17-9-13(17)10-18(15)16)22-11-12-7-8-21-19-4-2-1-3-14(12)19/h1-8,10H,9,11H2,(H,22,23). The van der Waals surface area contributed by atoms with Gasteiger partial charge in [-0.1, -0.05) is 24.3 Å². The largest absolute Gasteiger partial charge is 0.348 e. The summed E-state index contributed by atoms with van der Waals surface area (Å²) in [6, 6.07) is 9.96. The second-order valence-corrected chi connectivity index (χ2v) is 6.07. The second kappa shape index (κ2) is 4.53. The fourth-order valence-corrected chi connectivity index (χ4v) is 3.41. The van der Waals surface area contributed by atoms with Crippen molar-refractivity contribution in [1.82, 2.24) is 10.3 Å². The summed E-state index contributed by atoms with van der Waals surface area (Å²) in [6.07, 6.45) is 9.04. The third-order valence-electron chi connectivity index (χ3n) is 4.69. The summed E-state index contributed by atoms with van der Waals surface area (Å²) in [7, 11) is 0. The lowest BCUT2D eigenvalue weighted by Gasteiger charge is -2.09. The third kappa shape index (κ3) is 1.90. The zero-order chi connectivity index (χ0) is 15.4. The molecule has 2 aromatic rings. The van der Waals surface area contributed by atoms with Crippen molar-refractivity contribution in [3.05, 3.63) is 88.2 Å². The molecular weight excluding hydrogens is 284 g/mol. The molecule has 23 heavy (non-hydrogen) atoms. The Balaban J connectivity index is 1.40. The van der Waals surface area contributed by atoms with Crippen molar-refractivity contribution in [2.45, 2.75) is 13.0 Å². The number of hydrogen-bond donors (Lipinski definition) is 1. The van der Waals surface area contributed by atoms with Crippen molar-refractivity contribution in [3.8, 4) is 0 Å². The van der Waals surface area contributed by atoms with Gasteiger partial charge in [0.1, 0.15) is 0 Å². The second-order valence-electron chi connectivity index (χ2n) is 6.07. The van der Waals surface area contributed by atoms with Crippen molar-refractivity contribution in [1.29, 1.82) is 0 Å². The number of para-hydroxylation sites is 1. The van der Waals surface area contributed by atoms with Crippen LogP contribution in [0.5, 0.6) is 0 Å². The highest BCUT2D eigenvalue weighted by Crippen LogP contribution is 2.51. The fourth-order valence-electron chi connectivity index (χ4n) is 3.41. The van der Waals surface area contributed by atoms with Crippen LogP contribution in [0.25, 0.3) is 10.9 Å². The topological polar surface area (TPSA) is 42.0 Å². The van der Waals surface area contributed by atoms with Crippen LogP contribution in [0.2, 0.25) is 0 Å². The van der Waals surface area contributed by atoms with Gasteiger partial charge in [-0.05, 0) is 58.6 Å². The van der Waals surface area contributed by atoms with E-state index >= 15 is 0 Å². The summed E-state index contributed by atoms with van der Waals surface area (Å²) in [4.78, 5) is 16.9. The first kappa shape index (κ1) is 12.6. The number of carbonyl (C=O) groups excluding carboxylic acids is 1. The minimum absolute atomic E-state index is 0.00843. The predicted molar refractivity (Wildman–Crippen MR) is 89.5 cm³/mol. The molecule has 3 nitrogen and oxygen atoms in total. The number of fused-ring (bicyclic) bond motifs is 3. The molecule has 1 aromatic heterocycles. The highest BCUT2D eigenvalue weighted by atomic mass is 16.1. The van der Waals surface area contributed by atoms with Gasteiger partial charge in [-0.3, -0.25) is 9.78 Å². The number of allylic oxidation sites excluding steroid dienone is 6. The maximum absolute atomic E-state index is 12.5. The minimum atomic E-state index is -0.00843. The van der Waals surface area contributed by atoms with Crippen molar-refractivity contribution >= 4 is 16.8 Å². The molecular formula is C20H14N2O. The van der Waals surface area contributed by atoms with Crippen molar-refractivity contribution in [2.24, 2.45) is 0 Å². The molecule has 0 saturated heterocycles. The molecule has 1 saturated carbocycles. The molecule has 0 bridgehead atoms. The summed E-state index contributed by atoms with van der Waals surface area (Å²) in [5.41, 5.74) is 7.98. The molecule has 0 spiro atoms. The van der Waals surface area contributed by atoms with Gasteiger partial charge in [0.05, 0.1) is 5.52 Å². The van der Waals surface area contributed by atoms with Crippen LogP contribution >= 0.6 is 0 Å². The van der Waals surface area contributed by atoms with Crippen LogP contribution in [0.1, 0.15) is 12.0 Å². The molecule has 1 amide bonds. The van der Waals surface area contributed by atoms with E-state index in [1.165, 1.54) is 16.7 Å². The lowest BCUT2D eigenvalue weighted by Crippen LogP contribution is -2.24. The molecule has 0 atom stereocenters. The monoisotopic (exact) mass is 298 g/mol. The van der Waals surface area contributed by atoms with Gasteiger partial charge in [0, 0.05) is 23.7 Å². The van der Waals surface area contributed by atoms with E-state index in [1.807, 2.05) is 36.4 Å². The Labute approximate surface area is 133 Å². The summed E-state index contributed by atoms with van der Waals surface area (Å²) in [6.45, 7) is 0.509. The van der Waals surface area contributed by atoms with Gasteiger partial charge in [0.25, 0.3) is 5.91 Å². The first-order valence-corrected chi connectivity index (χ1v) is 7.79. The number of benzene rings is 1. The molecule has 0 unspecified atom stereocenters. The molecule has 1 fully saturated rings. The molecule has 3 aliphatic carbocycles. The molecule has 0 aliphatic heterocycles. The number of amides is 1. The van der Waals surface area contributed by atoms with Gasteiger partial charge in [0.15, 0.2) is 0 Å². The Morgan fingerprint density at radius 1 is 1.13 bits per heavy atom. The minimum Gasteiger partial charge on any atom is -0.348 e. The third-order valence-corrected chi connectivity index (χ3v) is 4.69. The number of hydrogen-bond acceptors (Lipinski definition) is 2. The lowest BCUT2D eigenvalue weighted by molar-refractivity contribution is -0.117. The highest BCUT2D eigenvalue weighted by Gasteiger charge is 2.35. The number of nitrogens with zero attached hydrogens (tertiary/aromatic N) is 1. The van der Waals surface area contributed by atoms with Crippen LogP contribution < -0.4 is 5.32 Å². The number of pyridine rings is 1. The van der Waals surface area contributed by atoms with Crippen molar-refractivity contribution < 1.29 is 4.79 Å². The lowest BCUT2D eigenvalue weighted by atomic mass is 10.1. The Kier molecular flexibility index (Phi) is 2.48. The Hall–Kier alpha value is -2.94. The fraction of sp³-hybridized carbons (Fsp3) is 0.100. The van der Waals surface area contributed by atoms with Crippen molar-refractivity contribution in [2.75, 3.05) is 0 Å². The zero-order valence-electron chi connectivity index (χ0n) is 12.5. The Morgan fingerprint density at radius 3 is 3.00 bits per heavy atom. The van der Waals surface area contributed by atoms with Crippen LogP contribution in [-0.2, 0) is 11.3 Å². The van der Waals surface area contributed by atoms with E-state index in [9.17, 15) is 4.79 Å². The number of rotatable bonds is 3. The maximum atomic E-state index is 12.5. The van der Waals surface area contributed by atoms with Crippen LogP contribution in [0, 0.1) is 0 Å². The van der Waals surface area contributed by atoms with E-state index in [1.54, 1.807) is 6.20 Å². The van der Waals surface area contributed by atoms with Gasteiger partial charge in [0.2, 0.25) is 0 Å². The molecule has 3 aliphatic rings.